The predicted molar refractivity (Wildman–Crippen MR) is 93.1 cm³/mol. The van der Waals surface area contributed by atoms with Gasteiger partial charge in [0.15, 0.2) is 0 Å². The molecule has 0 spiro atoms. The number of hydrogen-bond donors (Lipinski definition) is 1. The molecule has 0 unspecified atom stereocenters. The third-order valence-corrected chi connectivity index (χ3v) is 5.71. The molecule has 0 amide bonds. The molecule has 0 aliphatic carbocycles. The van der Waals surface area contributed by atoms with Crippen molar-refractivity contribution in [2.75, 3.05) is 11.4 Å². The van der Waals surface area contributed by atoms with Crippen LogP contribution in [0.25, 0.3) is 0 Å². The van der Waals surface area contributed by atoms with Crippen LogP contribution < -0.4 is 4.31 Å². The molecule has 0 aliphatic rings. The highest BCUT2D eigenvalue weighted by molar-refractivity contribution is 7.92. The number of aromatic nitrogens is 1. The van der Waals surface area contributed by atoms with Gasteiger partial charge in [0.05, 0.1) is 5.69 Å². The highest BCUT2D eigenvalue weighted by Gasteiger charge is 2.25. The van der Waals surface area contributed by atoms with E-state index >= 15 is 0 Å². The first kappa shape index (κ1) is 18.1. The molecule has 6 nitrogen and oxygen atoms in total. The summed E-state index contributed by atoms with van der Waals surface area (Å²) in [5.74, 6) is -1.17. The van der Waals surface area contributed by atoms with Crippen molar-refractivity contribution in [3.8, 4) is 0 Å². The Balaban J connectivity index is 2.39. The van der Waals surface area contributed by atoms with Gasteiger partial charge in [-0.1, -0.05) is 32.9 Å². The summed E-state index contributed by atoms with van der Waals surface area (Å²) < 4.78 is 27.9. The maximum absolute atomic E-state index is 12.7. The largest absolute Gasteiger partial charge is 0.477 e. The molecule has 0 bridgehead atoms. The van der Waals surface area contributed by atoms with E-state index in [9.17, 15) is 13.2 Å². The van der Waals surface area contributed by atoms with Gasteiger partial charge in [-0.15, -0.1) is 0 Å². The van der Waals surface area contributed by atoms with E-state index in [0.29, 0.717) is 5.69 Å². The Kier molecular flexibility index (Phi) is 4.50. The van der Waals surface area contributed by atoms with Crippen molar-refractivity contribution in [3.05, 3.63) is 47.8 Å². The number of benzene rings is 1. The Morgan fingerprint density at radius 3 is 2.12 bits per heavy atom. The molecule has 1 N–H and O–H groups in total. The van der Waals surface area contributed by atoms with Crippen LogP contribution in [0.3, 0.4) is 0 Å². The zero-order valence-corrected chi connectivity index (χ0v) is 15.3. The van der Waals surface area contributed by atoms with Crippen LogP contribution in [0.1, 0.15) is 36.8 Å². The van der Waals surface area contributed by atoms with Crippen LogP contribution in [-0.2, 0) is 22.5 Å². The van der Waals surface area contributed by atoms with Crippen molar-refractivity contribution in [2.45, 2.75) is 31.1 Å². The van der Waals surface area contributed by atoms with Gasteiger partial charge < -0.3 is 9.67 Å². The van der Waals surface area contributed by atoms with Crippen LogP contribution in [0.5, 0.6) is 0 Å². The molecule has 1 aromatic heterocycles. The Morgan fingerprint density at radius 2 is 1.71 bits per heavy atom. The highest BCUT2D eigenvalue weighted by Crippen LogP contribution is 2.27. The van der Waals surface area contributed by atoms with Gasteiger partial charge in [-0.25, -0.2) is 13.2 Å². The topological polar surface area (TPSA) is 79.6 Å². The number of carbonyl (C=O) groups is 1. The summed E-state index contributed by atoms with van der Waals surface area (Å²) in [6.07, 6.45) is 1.30. The molecular weight excluding hydrogens is 328 g/mol. The van der Waals surface area contributed by atoms with Gasteiger partial charge in [-0.05, 0) is 29.2 Å². The van der Waals surface area contributed by atoms with E-state index in [1.165, 1.54) is 24.9 Å². The fraction of sp³-hybridized carbons (Fsp3) is 0.353. The van der Waals surface area contributed by atoms with Crippen LogP contribution in [0.15, 0.2) is 41.4 Å². The second-order valence-corrected chi connectivity index (χ2v) is 8.72. The fourth-order valence-electron chi connectivity index (χ4n) is 2.36. The van der Waals surface area contributed by atoms with E-state index in [-0.39, 0.29) is 16.0 Å². The number of nitrogens with zero attached hydrogens (tertiary/aromatic N) is 2. The SMILES string of the molecule is CN(c1ccc(C(C)(C)C)cc1)S(=O)(=O)c1cc(C(=O)O)n(C)c1. The number of carboxylic acid groups (broad SMARTS) is 1. The number of rotatable bonds is 4. The average Bonchev–Trinajstić information content (AvgIpc) is 2.88. The van der Waals surface area contributed by atoms with Gasteiger partial charge in [0, 0.05) is 20.3 Å². The first-order valence-corrected chi connectivity index (χ1v) is 8.88. The van der Waals surface area contributed by atoms with E-state index in [1.54, 1.807) is 12.1 Å². The molecule has 0 saturated heterocycles. The predicted octanol–water partition coefficient (Wildman–Crippen LogP) is 2.85. The van der Waals surface area contributed by atoms with Crippen LogP contribution in [0, 0.1) is 0 Å². The Bertz CT molecular complexity index is 859. The van der Waals surface area contributed by atoms with Crippen LogP contribution in [-0.4, -0.2) is 31.1 Å². The van der Waals surface area contributed by atoms with Gasteiger partial charge in [0.2, 0.25) is 0 Å². The van der Waals surface area contributed by atoms with Crippen molar-refractivity contribution in [2.24, 2.45) is 7.05 Å². The number of carboxylic acids is 1. The molecule has 130 valence electrons. The quantitative estimate of drug-likeness (QED) is 0.919. The number of sulfonamides is 1. The van der Waals surface area contributed by atoms with Gasteiger partial charge >= 0.3 is 5.97 Å². The first-order chi connectivity index (χ1) is 10.9. The zero-order valence-electron chi connectivity index (χ0n) is 14.4. The smallest absolute Gasteiger partial charge is 0.352 e. The highest BCUT2D eigenvalue weighted by atomic mass is 32.2. The minimum atomic E-state index is -3.83. The van der Waals surface area contributed by atoms with E-state index < -0.39 is 16.0 Å². The third-order valence-electron chi connectivity index (χ3n) is 3.95. The molecule has 0 atom stereocenters. The minimum Gasteiger partial charge on any atom is -0.477 e. The number of aromatic carboxylic acids is 1. The minimum absolute atomic E-state index is 0.0220. The lowest BCUT2D eigenvalue weighted by Gasteiger charge is -2.22. The molecule has 2 aromatic rings. The maximum atomic E-state index is 12.7. The molecule has 1 heterocycles. The standard InChI is InChI=1S/C17H22N2O4S/c1-17(2,3)12-6-8-13(9-7-12)19(5)24(22,23)14-10-15(16(20)21)18(4)11-14/h6-11H,1-5H3,(H,20,21). The van der Waals surface area contributed by atoms with Crippen molar-refractivity contribution in [1.29, 1.82) is 0 Å². The first-order valence-electron chi connectivity index (χ1n) is 7.43. The normalized spacial score (nSPS) is 12.2. The molecule has 2 rings (SSSR count). The van der Waals surface area contributed by atoms with E-state index in [1.807, 2.05) is 12.1 Å². The summed E-state index contributed by atoms with van der Waals surface area (Å²) in [5, 5.41) is 9.08. The van der Waals surface area contributed by atoms with Gasteiger partial charge in [-0.3, -0.25) is 4.31 Å². The second kappa shape index (κ2) is 5.98. The van der Waals surface area contributed by atoms with E-state index in [2.05, 4.69) is 20.8 Å². The summed E-state index contributed by atoms with van der Waals surface area (Å²) in [6, 6.07) is 8.46. The maximum Gasteiger partial charge on any atom is 0.352 e. The Labute approximate surface area is 142 Å². The summed E-state index contributed by atoms with van der Waals surface area (Å²) in [6.45, 7) is 6.25. The zero-order chi connectivity index (χ0) is 18.3. The monoisotopic (exact) mass is 350 g/mol. The Morgan fingerprint density at radius 1 is 1.17 bits per heavy atom. The number of aryl methyl sites for hydroxylation is 1. The van der Waals surface area contributed by atoms with Crippen molar-refractivity contribution < 1.29 is 18.3 Å². The van der Waals surface area contributed by atoms with Crippen LogP contribution in [0.4, 0.5) is 5.69 Å². The number of anilines is 1. The molecule has 1 aromatic carbocycles. The van der Waals surface area contributed by atoms with Crippen LogP contribution >= 0.6 is 0 Å². The summed E-state index contributed by atoms with van der Waals surface area (Å²) >= 11 is 0. The van der Waals surface area contributed by atoms with Crippen LogP contribution in [0.2, 0.25) is 0 Å². The van der Waals surface area contributed by atoms with E-state index in [0.717, 1.165) is 15.9 Å². The van der Waals surface area contributed by atoms with Crippen molar-refractivity contribution in [3.63, 3.8) is 0 Å². The second-order valence-electron chi connectivity index (χ2n) is 6.75. The van der Waals surface area contributed by atoms with E-state index in [4.69, 9.17) is 5.11 Å². The number of hydrogen-bond acceptors (Lipinski definition) is 3. The fourth-order valence-corrected chi connectivity index (χ4v) is 3.62. The lowest BCUT2D eigenvalue weighted by atomic mass is 9.87. The van der Waals surface area contributed by atoms with Gasteiger partial charge in [0.1, 0.15) is 10.6 Å². The summed E-state index contributed by atoms with van der Waals surface area (Å²) in [4.78, 5) is 11.1. The van der Waals surface area contributed by atoms with Crippen molar-refractivity contribution in [1.82, 2.24) is 4.57 Å². The molecular formula is C17H22N2O4S. The molecule has 0 saturated carbocycles. The molecule has 24 heavy (non-hydrogen) atoms. The third kappa shape index (κ3) is 3.31. The summed E-state index contributed by atoms with van der Waals surface area (Å²) in [7, 11) is -0.873. The lowest BCUT2D eigenvalue weighted by Crippen LogP contribution is -2.26. The van der Waals surface area contributed by atoms with Crippen molar-refractivity contribution >= 4 is 21.7 Å². The summed E-state index contributed by atoms with van der Waals surface area (Å²) in [5.41, 5.74) is 1.52. The average molecular weight is 350 g/mol. The molecule has 7 heteroatoms. The van der Waals surface area contributed by atoms with Gasteiger partial charge in [0.25, 0.3) is 10.0 Å². The molecule has 0 radical (unpaired) electrons. The Hall–Kier alpha value is -2.28. The molecule has 0 fully saturated rings. The lowest BCUT2D eigenvalue weighted by molar-refractivity contribution is 0.0686. The molecule has 0 aliphatic heterocycles. The van der Waals surface area contributed by atoms with Gasteiger partial charge in [-0.2, -0.15) is 0 Å².